The summed E-state index contributed by atoms with van der Waals surface area (Å²) < 4.78 is 0.530. The predicted molar refractivity (Wildman–Crippen MR) is 62.5 cm³/mol. The number of rotatable bonds is 5. The van der Waals surface area contributed by atoms with Crippen molar-refractivity contribution in [3.05, 3.63) is 0 Å². The summed E-state index contributed by atoms with van der Waals surface area (Å²) >= 11 is 2.15. The average Bonchev–Trinajstić information content (AvgIpc) is 2.55. The van der Waals surface area contributed by atoms with Crippen LogP contribution in [-0.4, -0.2) is 23.1 Å². The fourth-order valence-electron chi connectivity index (χ4n) is 1.91. The molecule has 1 unspecified atom stereocenters. The van der Waals surface area contributed by atoms with Crippen LogP contribution in [0.15, 0.2) is 0 Å². The Balaban J connectivity index is 2.23. The standard InChI is InChI=1S/C11H23NS/c1-4-10(5-2)12-9-11(3)7-6-8-13-11/h10,12H,4-9H2,1-3H3. The first kappa shape index (κ1) is 11.4. The molecule has 2 heteroatoms. The molecular formula is C11H23NS. The molecule has 78 valence electrons. The predicted octanol–water partition coefficient (Wildman–Crippen LogP) is 3.05. The van der Waals surface area contributed by atoms with Crippen molar-refractivity contribution in [3.8, 4) is 0 Å². The largest absolute Gasteiger partial charge is 0.313 e. The van der Waals surface area contributed by atoms with Gasteiger partial charge in [0.2, 0.25) is 0 Å². The van der Waals surface area contributed by atoms with E-state index in [4.69, 9.17) is 0 Å². The average molecular weight is 201 g/mol. The molecule has 1 rings (SSSR count). The van der Waals surface area contributed by atoms with E-state index in [1.54, 1.807) is 0 Å². The summed E-state index contributed by atoms with van der Waals surface area (Å²) in [6.45, 7) is 8.14. The Hall–Kier alpha value is 0.310. The van der Waals surface area contributed by atoms with Crippen LogP contribution in [-0.2, 0) is 0 Å². The van der Waals surface area contributed by atoms with Gasteiger partial charge in [0, 0.05) is 17.3 Å². The first-order valence-corrected chi connectivity index (χ1v) is 6.56. The molecular weight excluding hydrogens is 178 g/mol. The Morgan fingerprint density at radius 1 is 1.38 bits per heavy atom. The zero-order valence-electron chi connectivity index (χ0n) is 9.23. The topological polar surface area (TPSA) is 12.0 Å². The zero-order chi connectivity index (χ0) is 9.73. The van der Waals surface area contributed by atoms with Crippen LogP contribution in [0.2, 0.25) is 0 Å². The highest BCUT2D eigenvalue weighted by Gasteiger charge is 2.29. The van der Waals surface area contributed by atoms with Gasteiger partial charge in [0.25, 0.3) is 0 Å². The van der Waals surface area contributed by atoms with Crippen LogP contribution in [0.3, 0.4) is 0 Å². The van der Waals surface area contributed by atoms with Gasteiger partial charge in [0.15, 0.2) is 0 Å². The van der Waals surface area contributed by atoms with Crippen molar-refractivity contribution in [3.63, 3.8) is 0 Å². The van der Waals surface area contributed by atoms with Crippen molar-refractivity contribution in [2.45, 2.75) is 57.2 Å². The van der Waals surface area contributed by atoms with E-state index in [-0.39, 0.29) is 0 Å². The highest BCUT2D eigenvalue weighted by atomic mass is 32.2. The van der Waals surface area contributed by atoms with Gasteiger partial charge in [0.1, 0.15) is 0 Å². The normalized spacial score (nSPS) is 28.6. The summed E-state index contributed by atoms with van der Waals surface area (Å²) in [5.41, 5.74) is 0. The van der Waals surface area contributed by atoms with Crippen molar-refractivity contribution >= 4 is 11.8 Å². The minimum Gasteiger partial charge on any atom is -0.313 e. The lowest BCUT2D eigenvalue weighted by atomic mass is 10.0. The molecule has 1 aliphatic heterocycles. The summed E-state index contributed by atoms with van der Waals surface area (Å²) in [5.74, 6) is 1.36. The van der Waals surface area contributed by atoms with Gasteiger partial charge in [-0.05, 0) is 38.4 Å². The molecule has 0 aromatic carbocycles. The third-order valence-corrected chi connectivity index (χ3v) is 4.59. The highest BCUT2D eigenvalue weighted by Crippen LogP contribution is 2.37. The SMILES string of the molecule is CCC(CC)NCC1(C)CCCS1. The van der Waals surface area contributed by atoms with E-state index in [1.807, 2.05) is 0 Å². The molecule has 1 nitrogen and oxygen atoms in total. The first-order chi connectivity index (χ1) is 6.20. The van der Waals surface area contributed by atoms with Crippen LogP contribution in [0.5, 0.6) is 0 Å². The van der Waals surface area contributed by atoms with E-state index in [2.05, 4.69) is 37.8 Å². The molecule has 0 spiro atoms. The van der Waals surface area contributed by atoms with Gasteiger partial charge in [-0.25, -0.2) is 0 Å². The van der Waals surface area contributed by atoms with Crippen LogP contribution in [0.25, 0.3) is 0 Å². The maximum absolute atomic E-state index is 3.68. The molecule has 1 atom stereocenters. The van der Waals surface area contributed by atoms with E-state index in [1.165, 1.54) is 38.0 Å². The van der Waals surface area contributed by atoms with E-state index in [0.717, 1.165) is 6.04 Å². The van der Waals surface area contributed by atoms with E-state index in [9.17, 15) is 0 Å². The Kier molecular flexibility index (Phi) is 4.60. The summed E-state index contributed by atoms with van der Waals surface area (Å²) in [6.07, 6.45) is 5.32. The molecule has 1 aliphatic rings. The van der Waals surface area contributed by atoms with Gasteiger partial charge < -0.3 is 5.32 Å². The quantitative estimate of drug-likeness (QED) is 0.734. The molecule has 0 aromatic heterocycles. The highest BCUT2D eigenvalue weighted by molar-refractivity contribution is 8.00. The summed E-state index contributed by atoms with van der Waals surface area (Å²) in [6, 6.07) is 0.734. The molecule has 0 amide bonds. The lowest BCUT2D eigenvalue weighted by Crippen LogP contribution is -2.38. The third-order valence-electron chi connectivity index (χ3n) is 3.05. The van der Waals surface area contributed by atoms with Crippen LogP contribution in [0, 0.1) is 0 Å². The molecule has 0 radical (unpaired) electrons. The van der Waals surface area contributed by atoms with E-state index < -0.39 is 0 Å². The van der Waals surface area contributed by atoms with Gasteiger partial charge in [-0.1, -0.05) is 13.8 Å². The van der Waals surface area contributed by atoms with E-state index >= 15 is 0 Å². The molecule has 1 saturated heterocycles. The van der Waals surface area contributed by atoms with E-state index in [0.29, 0.717) is 4.75 Å². The monoisotopic (exact) mass is 201 g/mol. The van der Waals surface area contributed by atoms with Crippen molar-refractivity contribution in [2.24, 2.45) is 0 Å². The van der Waals surface area contributed by atoms with Gasteiger partial charge >= 0.3 is 0 Å². The number of thioether (sulfide) groups is 1. The van der Waals surface area contributed by atoms with Gasteiger partial charge in [-0.2, -0.15) is 11.8 Å². The lowest BCUT2D eigenvalue weighted by Gasteiger charge is -2.26. The molecule has 0 aliphatic carbocycles. The van der Waals surface area contributed by atoms with Crippen molar-refractivity contribution in [2.75, 3.05) is 12.3 Å². The van der Waals surface area contributed by atoms with Crippen molar-refractivity contribution in [1.82, 2.24) is 5.32 Å². The van der Waals surface area contributed by atoms with Crippen molar-refractivity contribution in [1.29, 1.82) is 0 Å². The molecule has 0 aromatic rings. The van der Waals surface area contributed by atoms with Crippen LogP contribution >= 0.6 is 11.8 Å². The van der Waals surface area contributed by atoms with Crippen LogP contribution < -0.4 is 5.32 Å². The Morgan fingerprint density at radius 3 is 2.54 bits per heavy atom. The second-order valence-electron chi connectivity index (χ2n) is 4.30. The van der Waals surface area contributed by atoms with Crippen LogP contribution in [0.4, 0.5) is 0 Å². The molecule has 1 N–H and O–H groups in total. The zero-order valence-corrected chi connectivity index (χ0v) is 10.0. The Morgan fingerprint density at radius 2 is 2.08 bits per heavy atom. The molecule has 0 saturated carbocycles. The van der Waals surface area contributed by atoms with Gasteiger partial charge in [0.05, 0.1) is 0 Å². The summed E-state index contributed by atoms with van der Waals surface area (Å²) in [4.78, 5) is 0. The van der Waals surface area contributed by atoms with Crippen molar-refractivity contribution < 1.29 is 0 Å². The molecule has 1 fully saturated rings. The Labute approximate surface area is 87.1 Å². The maximum Gasteiger partial charge on any atom is 0.0256 e. The lowest BCUT2D eigenvalue weighted by molar-refractivity contribution is 0.442. The molecule has 13 heavy (non-hydrogen) atoms. The maximum atomic E-state index is 3.68. The number of hydrogen-bond acceptors (Lipinski definition) is 2. The fourth-order valence-corrected chi connectivity index (χ4v) is 3.17. The van der Waals surface area contributed by atoms with Gasteiger partial charge in [-0.15, -0.1) is 0 Å². The van der Waals surface area contributed by atoms with Gasteiger partial charge in [-0.3, -0.25) is 0 Å². The first-order valence-electron chi connectivity index (χ1n) is 5.57. The second-order valence-corrected chi connectivity index (χ2v) is 5.98. The Bertz CT molecular complexity index is 137. The summed E-state index contributed by atoms with van der Waals surface area (Å²) in [7, 11) is 0. The summed E-state index contributed by atoms with van der Waals surface area (Å²) in [5, 5.41) is 3.68. The third kappa shape index (κ3) is 3.51. The fraction of sp³-hybridized carbons (Fsp3) is 1.00. The van der Waals surface area contributed by atoms with Crippen LogP contribution in [0.1, 0.15) is 46.5 Å². The second kappa shape index (κ2) is 5.26. The number of hydrogen-bond donors (Lipinski definition) is 1. The minimum atomic E-state index is 0.530. The molecule has 1 heterocycles. The number of nitrogens with one attached hydrogen (secondary N) is 1. The minimum absolute atomic E-state index is 0.530. The smallest absolute Gasteiger partial charge is 0.0256 e. The molecule has 0 bridgehead atoms.